The number of amides is 4. The normalized spacial score (nSPS) is 18.6. The fraction of sp³-hybridized carbons (Fsp3) is 0.453. The van der Waals surface area contributed by atoms with Crippen LogP contribution in [0, 0.1) is 10.8 Å². The van der Waals surface area contributed by atoms with Crippen molar-refractivity contribution >= 4 is 101 Å². The number of carboxylic acids is 2. The average molecular weight is 1010 g/mol. The standard InChI is InChI=1S/C53H72N4O12.2Na.2H/c1-35(19-13-21-37(3)25-27-41-39(5)49(64)43(31-52(41,7)8)68-46(62)33-56-50(65)54-29-15-23-44(58)59)17-11-12-18-36(2)20-14-22-38(4)26-28-42-40(6)67-48(32-53(42,9)10)69-47(63)34-57-51(66)55-30-16-24-45(60)61;;;;/h11-14,17-22,25-28,43,48H,15-16,23-24,29-34H2,1-10H3,(H,58,59)(H,60,61)(H2,54,56,65)(H2,55,57,66);;;;/b12-11+,19-13+,20-14+,27-25+,28-26+,35-17+,36-18+,37-21+,38-22+;;;;. The molecule has 2 atom stereocenters. The molecule has 16 nitrogen and oxygen atoms in total. The van der Waals surface area contributed by atoms with E-state index in [1.807, 2.05) is 147 Å². The van der Waals surface area contributed by atoms with E-state index < -0.39 is 60.3 Å². The number of hydrogen-bond donors (Lipinski definition) is 6. The Labute approximate surface area is 463 Å². The van der Waals surface area contributed by atoms with Crippen LogP contribution in [0.15, 0.2) is 130 Å². The number of Topliss-reactive ketones (excluding diaryl/α,β-unsaturated/α-hetero) is 1. The molecule has 0 saturated carbocycles. The summed E-state index contributed by atoms with van der Waals surface area (Å²) in [6.07, 6.45) is 27.1. The van der Waals surface area contributed by atoms with Gasteiger partial charge in [0.25, 0.3) is 0 Å². The van der Waals surface area contributed by atoms with Crippen LogP contribution < -0.4 is 21.3 Å². The summed E-state index contributed by atoms with van der Waals surface area (Å²) in [7, 11) is 0. The first-order valence-electron chi connectivity index (χ1n) is 23.0. The molecule has 1 aliphatic heterocycles. The summed E-state index contributed by atoms with van der Waals surface area (Å²) in [6, 6.07) is -1.22. The van der Waals surface area contributed by atoms with Gasteiger partial charge in [-0.15, -0.1) is 0 Å². The summed E-state index contributed by atoms with van der Waals surface area (Å²) in [5.74, 6) is -2.96. The molecule has 1 heterocycles. The van der Waals surface area contributed by atoms with Crippen molar-refractivity contribution in [3.63, 3.8) is 0 Å². The van der Waals surface area contributed by atoms with Crippen molar-refractivity contribution in [3.05, 3.63) is 130 Å². The molecule has 0 aromatic carbocycles. The predicted molar refractivity (Wildman–Crippen MR) is 280 cm³/mol. The van der Waals surface area contributed by atoms with Crippen LogP contribution in [0.4, 0.5) is 9.59 Å². The molecule has 0 aromatic rings. The van der Waals surface area contributed by atoms with Gasteiger partial charge in [0.2, 0.25) is 6.29 Å². The van der Waals surface area contributed by atoms with E-state index in [0.29, 0.717) is 17.8 Å². The fourth-order valence-electron chi connectivity index (χ4n) is 7.18. The molecule has 380 valence electrons. The number of carboxylic acid groups (broad SMARTS) is 2. The summed E-state index contributed by atoms with van der Waals surface area (Å²) in [5.41, 5.74) is 5.61. The Morgan fingerprint density at radius 1 is 0.606 bits per heavy atom. The average Bonchev–Trinajstić information content (AvgIpc) is 3.24. The number of ether oxygens (including phenoxy) is 3. The van der Waals surface area contributed by atoms with Crippen molar-refractivity contribution in [3.8, 4) is 0 Å². The van der Waals surface area contributed by atoms with E-state index in [-0.39, 0.29) is 122 Å². The SMILES string of the molecule is CC1=C(/C=C/C(C)=C/C=C/C(C)=C/C=C/C=C(C)/C=C/C=C(C)/C=C/C2=C(C)C(=O)C(OC(=O)CNC(=O)NCCCC(=O)O)CC2(C)C)C(C)(C)CC(OC(=O)CNC(=O)NCCCC(=O)O)O1.[NaH].[NaH]. The summed E-state index contributed by atoms with van der Waals surface area (Å²) < 4.78 is 16.9. The first-order chi connectivity index (χ1) is 32.4. The topological polar surface area (TPSA) is 236 Å². The van der Waals surface area contributed by atoms with Crippen LogP contribution in [0.2, 0.25) is 0 Å². The van der Waals surface area contributed by atoms with Gasteiger partial charge < -0.3 is 45.7 Å². The van der Waals surface area contributed by atoms with Crippen molar-refractivity contribution in [2.45, 2.75) is 120 Å². The maximum absolute atomic E-state index is 13.2. The Kier molecular flexibility index (Phi) is 31.3. The number of hydrogen-bond acceptors (Lipinski definition) is 10. The van der Waals surface area contributed by atoms with E-state index in [0.717, 1.165) is 33.4 Å². The van der Waals surface area contributed by atoms with Crippen LogP contribution in [-0.2, 0) is 38.2 Å². The summed E-state index contributed by atoms with van der Waals surface area (Å²) in [5, 5.41) is 27.1. The minimum absolute atomic E-state index is 0. The zero-order chi connectivity index (χ0) is 51.7. The van der Waals surface area contributed by atoms with Crippen LogP contribution in [-0.4, -0.2) is 150 Å². The Balaban J connectivity index is 0.0000245. The second-order valence-electron chi connectivity index (χ2n) is 18.2. The van der Waals surface area contributed by atoms with Crippen molar-refractivity contribution in [2.24, 2.45) is 10.8 Å². The molecular weight excluding hydrogens is 931 g/mol. The molecule has 2 rings (SSSR count). The predicted octanol–water partition coefficient (Wildman–Crippen LogP) is 7.40. The van der Waals surface area contributed by atoms with Gasteiger partial charge in [0.05, 0.1) is 0 Å². The van der Waals surface area contributed by atoms with Crippen LogP contribution in [0.5, 0.6) is 0 Å². The monoisotopic (exact) mass is 1000 g/mol. The number of aliphatic carboxylic acids is 2. The van der Waals surface area contributed by atoms with E-state index in [9.17, 15) is 33.6 Å². The molecule has 0 bridgehead atoms. The second-order valence-corrected chi connectivity index (χ2v) is 18.2. The van der Waals surface area contributed by atoms with Gasteiger partial charge in [0.1, 0.15) is 18.8 Å². The van der Waals surface area contributed by atoms with Crippen LogP contribution in [0.1, 0.15) is 108 Å². The molecule has 1 aliphatic carbocycles. The van der Waals surface area contributed by atoms with Crippen LogP contribution >= 0.6 is 0 Å². The number of carbonyl (C=O) groups is 7. The Hall–Kier alpha value is -4.97. The Morgan fingerprint density at radius 3 is 1.46 bits per heavy atom. The molecule has 2 aliphatic rings. The maximum atomic E-state index is 13.2. The first kappa shape index (κ1) is 66.0. The molecule has 0 fully saturated rings. The third kappa shape index (κ3) is 26.9. The third-order valence-electron chi connectivity index (χ3n) is 10.9. The zero-order valence-electron chi connectivity index (χ0n) is 41.8. The molecular formula is C53H74N4Na2O12. The molecule has 6 N–H and O–H groups in total. The Bertz CT molecular complexity index is 2260. The van der Waals surface area contributed by atoms with E-state index in [1.54, 1.807) is 6.92 Å². The molecule has 0 aromatic heterocycles. The summed E-state index contributed by atoms with van der Waals surface area (Å²) in [4.78, 5) is 83.0. The van der Waals surface area contributed by atoms with Gasteiger partial charge in [-0.1, -0.05) is 135 Å². The fourth-order valence-corrected chi connectivity index (χ4v) is 7.18. The second kappa shape index (κ2) is 33.6. The molecule has 0 spiro atoms. The summed E-state index contributed by atoms with van der Waals surface area (Å²) >= 11 is 0. The number of urea groups is 2. The van der Waals surface area contributed by atoms with Gasteiger partial charge in [-0.05, 0) is 76.5 Å². The van der Waals surface area contributed by atoms with Gasteiger partial charge in [-0.25, -0.2) is 9.59 Å². The molecule has 71 heavy (non-hydrogen) atoms. The van der Waals surface area contributed by atoms with Gasteiger partial charge in [-0.2, -0.15) is 0 Å². The molecule has 0 radical (unpaired) electrons. The molecule has 4 amide bonds. The van der Waals surface area contributed by atoms with Gasteiger partial charge >= 0.3 is 95.1 Å². The minimum atomic E-state index is -0.974. The number of allylic oxidation sites excluding steroid dienone is 21. The van der Waals surface area contributed by atoms with Gasteiger partial charge in [0, 0.05) is 44.2 Å². The molecule has 18 heteroatoms. The van der Waals surface area contributed by atoms with E-state index in [1.165, 1.54) is 0 Å². The third-order valence-corrected chi connectivity index (χ3v) is 10.9. The van der Waals surface area contributed by atoms with Gasteiger partial charge in [0.15, 0.2) is 11.9 Å². The van der Waals surface area contributed by atoms with Crippen molar-refractivity contribution in [2.75, 3.05) is 26.2 Å². The number of esters is 2. The van der Waals surface area contributed by atoms with E-state index in [2.05, 4.69) is 21.3 Å². The molecule has 0 saturated heterocycles. The Morgan fingerprint density at radius 2 is 1.01 bits per heavy atom. The number of carbonyl (C=O) groups excluding carboxylic acids is 5. The zero-order valence-corrected chi connectivity index (χ0v) is 41.8. The summed E-state index contributed by atoms with van der Waals surface area (Å²) in [6.45, 7) is 19.1. The molecule has 2 unspecified atom stereocenters. The van der Waals surface area contributed by atoms with Crippen molar-refractivity contribution in [1.82, 2.24) is 21.3 Å². The first-order valence-corrected chi connectivity index (χ1v) is 23.0. The van der Waals surface area contributed by atoms with Gasteiger partial charge in [-0.3, -0.25) is 24.0 Å². The van der Waals surface area contributed by atoms with Crippen molar-refractivity contribution < 1.29 is 58.0 Å². The number of ketones is 1. The van der Waals surface area contributed by atoms with Crippen LogP contribution in [0.25, 0.3) is 0 Å². The van der Waals surface area contributed by atoms with E-state index >= 15 is 0 Å². The number of nitrogens with one attached hydrogen (secondary N) is 4. The van der Waals surface area contributed by atoms with Crippen LogP contribution in [0.3, 0.4) is 0 Å². The number of rotatable bonds is 24. The quantitative estimate of drug-likeness (QED) is 0.0240. The van der Waals surface area contributed by atoms with E-state index in [4.69, 9.17) is 24.4 Å². The van der Waals surface area contributed by atoms with Crippen molar-refractivity contribution in [1.29, 1.82) is 0 Å².